The molecule has 1 saturated heterocycles. The number of amides is 2. The van der Waals surface area contributed by atoms with Crippen LogP contribution in [-0.2, 0) is 14.4 Å². The summed E-state index contributed by atoms with van der Waals surface area (Å²) in [5, 5.41) is 9.88. The molecule has 2 N–H and O–H groups in total. The zero-order chi connectivity index (χ0) is 27.1. The summed E-state index contributed by atoms with van der Waals surface area (Å²) < 4.78 is 6.21. The monoisotopic (exact) mass is 539 g/mol. The van der Waals surface area contributed by atoms with Gasteiger partial charge in [-0.05, 0) is 50.8 Å². The molecule has 1 fully saturated rings. The second-order valence-corrected chi connectivity index (χ2v) is 9.95. The summed E-state index contributed by atoms with van der Waals surface area (Å²) in [4.78, 5) is 45.4. The van der Waals surface area contributed by atoms with Crippen LogP contribution in [0.4, 0.5) is 15.9 Å². The van der Waals surface area contributed by atoms with E-state index in [1.165, 1.54) is 18.4 Å². The molecule has 0 bridgehead atoms. The van der Waals surface area contributed by atoms with Gasteiger partial charge in [0.25, 0.3) is 0 Å². The highest BCUT2D eigenvalue weighted by Crippen LogP contribution is 2.37. The number of rotatable bonds is 9. The minimum absolute atomic E-state index is 0.104. The molecule has 1 aliphatic heterocycles. The van der Waals surface area contributed by atoms with Gasteiger partial charge < -0.3 is 19.8 Å². The Balaban J connectivity index is 1.55. The van der Waals surface area contributed by atoms with E-state index in [9.17, 15) is 9.59 Å². The molecule has 38 heavy (non-hydrogen) atoms. The molecule has 0 unspecified atom stereocenters. The number of anilines is 2. The summed E-state index contributed by atoms with van der Waals surface area (Å²) in [5.41, 5.74) is 2.77. The Hall–Kier alpha value is -3.80. The number of esters is 1. The highest BCUT2D eigenvalue weighted by atomic mass is 32.1. The van der Waals surface area contributed by atoms with E-state index in [2.05, 4.69) is 35.6 Å². The summed E-state index contributed by atoms with van der Waals surface area (Å²) >= 11 is 1.36. The van der Waals surface area contributed by atoms with Crippen LogP contribution in [0.1, 0.15) is 45.6 Å². The fraction of sp³-hybridized carbons (Fsp3) is 0.462. The molecule has 2 aromatic heterocycles. The lowest BCUT2D eigenvalue weighted by molar-refractivity contribution is -0.157. The number of piperidine rings is 1. The van der Waals surface area contributed by atoms with Gasteiger partial charge in [-0.2, -0.15) is 0 Å². The predicted molar refractivity (Wildman–Crippen MR) is 149 cm³/mol. The second kappa shape index (κ2) is 12.2. The van der Waals surface area contributed by atoms with Crippen molar-refractivity contribution < 1.29 is 19.2 Å². The van der Waals surface area contributed by atoms with Crippen LogP contribution >= 0.6 is 11.3 Å². The molecule has 0 saturated carbocycles. The van der Waals surface area contributed by atoms with E-state index in [0.717, 1.165) is 27.8 Å². The van der Waals surface area contributed by atoms with Crippen LogP contribution in [0.3, 0.4) is 0 Å². The number of ether oxygens (including phenoxy) is 1. The van der Waals surface area contributed by atoms with Gasteiger partial charge in [0.1, 0.15) is 7.11 Å². The number of carbonyl (C=O) groups is 2. The Bertz CT molecular complexity index is 1300. The van der Waals surface area contributed by atoms with Gasteiger partial charge >= 0.3 is 12.0 Å². The first-order valence-corrected chi connectivity index (χ1v) is 13.5. The van der Waals surface area contributed by atoms with Crippen LogP contribution in [-0.4, -0.2) is 66.5 Å². The number of oxime groups is 1. The van der Waals surface area contributed by atoms with Gasteiger partial charge in [-0.1, -0.05) is 23.4 Å². The zero-order valence-corrected chi connectivity index (χ0v) is 22.9. The van der Waals surface area contributed by atoms with Crippen LogP contribution in [0.15, 0.2) is 29.7 Å². The quantitative estimate of drug-likeness (QED) is 0.232. The van der Waals surface area contributed by atoms with Crippen LogP contribution in [0, 0.1) is 5.41 Å². The van der Waals surface area contributed by atoms with Crippen LogP contribution in [0.2, 0.25) is 0 Å². The molecule has 3 aromatic rings. The molecule has 12 heteroatoms. The molecule has 3 heterocycles. The van der Waals surface area contributed by atoms with Crippen molar-refractivity contribution in [1.29, 1.82) is 0 Å². The fourth-order valence-corrected chi connectivity index (χ4v) is 5.46. The Morgan fingerprint density at radius 2 is 1.89 bits per heavy atom. The largest absolute Gasteiger partial charge is 0.466 e. The smallest absolute Gasteiger partial charge is 0.321 e. The van der Waals surface area contributed by atoms with Gasteiger partial charge in [0, 0.05) is 43.2 Å². The third-order valence-corrected chi connectivity index (χ3v) is 7.77. The average Bonchev–Trinajstić information content (AvgIpc) is 3.34. The van der Waals surface area contributed by atoms with Crippen molar-refractivity contribution in [2.24, 2.45) is 10.6 Å². The number of hydrogen-bond donors (Lipinski definition) is 2. The SMILES string of the molecule is CCNC(=O)Nc1nc2cc(-c3cnc(N4CCC(CC)(C(=O)OCC)CC4)nc3)cc(C=NOC)c2s1. The van der Waals surface area contributed by atoms with Gasteiger partial charge in [-0.15, -0.1) is 0 Å². The average molecular weight is 540 g/mol. The number of nitrogens with zero attached hydrogens (tertiary/aromatic N) is 5. The van der Waals surface area contributed by atoms with Gasteiger partial charge in [-0.25, -0.2) is 19.7 Å². The molecule has 11 nitrogen and oxygen atoms in total. The number of benzene rings is 1. The number of thiazole rings is 1. The molecule has 202 valence electrons. The van der Waals surface area contributed by atoms with Gasteiger partial charge in [0.05, 0.1) is 28.5 Å². The molecule has 1 aromatic carbocycles. The number of nitrogens with one attached hydrogen (secondary N) is 2. The topological polar surface area (TPSA) is 131 Å². The number of fused-ring (bicyclic) bond motifs is 1. The van der Waals surface area contributed by atoms with Crippen molar-refractivity contribution >= 4 is 50.8 Å². The summed E-state index contributed by atoms with van der Waals surface area (Å²) in [6.45, 7) is 8.03. The van der Waals surface area contributed by atoms with Crippen molar-refractivity contribution in [2.75, 3.05) is 43.6 Å². The van der Waals surface area contributed by atoms with Crippen molar-refractivity contribution in [3.63, 3.8) is 0 Å². The molecule has 2 amide bonds. The van der Waals surface area contributed by atoms with Crippen molar-refractivity contribution in [3.8, 4) is 11.1 Å². The molecule has 1 aliphatic rings. The first-order valence-electron chi connectivity index (χ1n) is 12.7. The van der Waals surface area contributed by atoms with Crippen LogP contribution in [0.5, 0.6) is 0 Å². The van der Waals surface area contributed by atoms with E-state index in [1.54, 1.807) is 18.6 Å². The maximum atomic E-state index is 12.5. The zero-order valence-electron chi connectivity index (χ0n) is 22.1. The fourth-order valence-electron chi connectivity index (χ4n) is 4.54. The Labute approximate surface area is 225 Å². The van der Waals surface area contributed by atoms with E-state index >= 15 is 0 Å². The second-order valence-electron chi connectivity index (χ2n) is 8.95. The highest BCUT2D eigenvalue weighted by Gasteiger charge is 2.41. The van der Waals surface area contributed by atoms with E-state index in [1.807, 2.05) is 32.9 Å². The standard InChI is InChI=1S/C26H33N7O4S/c1-5-26(22(34)37-7-3)8-10-33(11-9-26)23-28-14-19(15-29-23)17-12-18(16-30-36-4)21-20(13-17)31-25(38-21)32-24(35)27-6-2/h12-16H,5-11H2,1-4H3,(H2,27,31,32,35). The van der Waals surface area contributed by atoms with Crippen LogP contribution < -0.4 is 15.5 Å². The molecule has 0 aliphatic carbocycles. The summed E-state index contributed by atoms with van der Waals surface area (Å²) in [7, 11) is 1.48. The minimum atomic E-state index is -0.430. The molecular weight excluding hydrogens is 506 g/mol. The van der Waals surface area contributed by atoms with Gasteiger partial charge in [-0.3, -0.25) is 10.1 Å². The van der Waals surface area contributed by atoms with Crippen molar-refractivity contribution in [1.82, 2.24) is 20.3 Å². The van der Waals surface area contributed by atoms with Crippen molar-refractivity contribution in [3.05, 3.63) is 30.1 Å². The predicted octanol–water partition coefficient (Wildman–Crippen LogP) is 4.43. The third-order valence-electron chi connectivity index (χ3n) is 6.73. The third kappa shape index (κ3) is 5.85. The lowest BCUT2D eigenvalue weighted by Gasteiger charge is -2.39. The van der Waals surface area contributed by atoms with Gasteiger partial charge in [0.2, 0.25) is 5.95 Å². The Morgan fingerprint density at radius 3 is 2.53 bits per heavy atom. The first kappa shape index (κ1) is 27.2. The normalized spacial score (nSPS) is 15.0. The van der Waals surface area contributed by atoms with E-state index < -0.39 is 5.41 Å². The van der Waals surface area contributed by atoms with E-state index in [4.69, 9.17) is 9.57 Å². The van der Waals surface area contributed by atoms with Crippen LogP contribution in [0.25, 0.3) is 21.3 Å². The summed E-state index contributed by atoms with van der Waals surface area (Å²) in [5.74, 6) is 0.527. The maximum Gasteiger partial charge on any atom is 0.321 e. The number of hydrogen-bond acceptors (Lipinski definition) is 10. The number of aromatic nitrogens is 3. The molecular formula is C26H33N7O4S. The molecule has 0 atom stereocenters. The van der Waals surface area contributed by atoms with Gasteiger partial charge in [0.15, 0.2) is 5.13 Å². The lowest BCUT2D eigenvalue weighted by Crippen LogP contribution is -2.45. The maximum absolute atomic E-state index is 12.5. The highest BCUT2D eigenvalue weighted by molar-refractivity contribution is 7.22. The molecule has 4 rings (SSSR count). The summed E-state index contributed by atoms with van der Waals surface area (Å²) in [6, 6.07) is 3.60. The van der Waals surface area contributed by atoms with E-state index in [0.29, 0.717) is 55.7 Å². The Kier molecular flexibility index (Phi) is 8.72. The first-order chi connectivity index (χ1) is 18.4. The number of carbonyl (C=O) groups excluding carboxylic acids is 2. The molecule has 0 radical (unpaired) electrons. The van der Waals surface area contributed by atoms with Crippen molar-refractivity contribution in [2.45, 2.75) is 40.0 Å². The number of urea groups is 1. The minimum Gasteiger partial charge on any atom is -0.466 e. The van der Waals surface area contributed by atoms with E-state index in [-0.39, 0.29) is 12.0 Å². The Morgan fingerprint density at radius 1 is 1.16 bits per heavy atom. The summed E-state index contributed by atoms with van der Waals surface area (Å²) in [6.07, 6.45) is 7.37. The lowest BCUT2D eigenvalue weighted by atomic mass is 9.76. The molecule has 0 spiro atoms.